The largest absolute Gasteiger partial charge is 0.461 e. The van der Waals surface area contributed by atoms with E-state index in [1.165, 1.54) is 0 Å². The number of aliphatic hydroxyl groups is 1. The Morgan fingerprint density at radius 1 is 1.20 bits per heavy atom. The van der Waals surface area contributed by atoms with Gasteiger partial charge in [0.1, 0.15) is 0 Å². The zero-order chi connectivity index (χ0) is 14.3. The van der Waals surface area contributed by atoms with Gasteiger partial charge in [-0.25, -0.2) is 0 Å². The van der Waals surface area contributed by atoms with Gasteiger partial charge in [0, 0.05) is 12.1 Å². The fraction of sp³-hybridized carbons (Fsp3) is 0.769. The lowest BCUT2D eigenvalue weighted by Gasteiger charge is -2.37. The molecule has 2 atom stereocenters. The SMILES string of the molecule is CC(C)Oc1nc(N)nc(N2C3CCC2CC(O)C3)n1. The molecule has 2 fully saturated rings. The molecule has 2 saturated heterocycles. The van der Waals surface area contributed by atoms with Gasteiger partial charge >= 0.3 is 6.01 Å². The predicted octanol–water partition coefficient (Wildman–Crippen LogP) is 0.733. The van der Waals surface area contributed by atoms with Crippen LogP contribution in [0.25, 0.3) is 0 Å². The molecule has 0 saturated carbocycles. The van der Waals surface area contributed by atoms with Gasteiger partial charge in [0.25, 0.3) is 0 Å². The standard InChI is InChI=1S/C13H21N5O2/c1-7(2)20-13-16-11(14)15-12(17-13)18-8-3-4-9(18)6-10(19)5-8/h7-10,19H,3-6H2,1-2H3,(H2,14,15,16,17). The van der Waals surface area contributed by atoms with Gasteiger partial charge in [-0.05, 0) is 39.5 Å². The third-order valence-electron chi connectivity index (χ3n) is 3.90. The lowest BCUT2D eigenvalue weighted by molar-refractivity contribution is 0.125. The molecular weight excluding hydrogens is 258 g/mol. The van der Waals surface area contributed by atoms with Crippen molar-refractivity contribution in [3.8, 4) is 6.01 Å². The number of aliphatic hydroxyl groups excluding tert-OH is 1. The van der Waals surface area contributed by atoms with E-state index in [0.29, 0.717) is 5.95 Å². The van der Waals surface area contributed by atoms with Crippen molar-refractivity contribution in [3.63, 3.8) is 0 Å². The Labute approximate surface area is 118 Å². The summed E-state index contributed by atoms with van der Waals surface area (Å²) in [5.41, 5.74) is 5.76. The van der Waals surface area contributed by atoms with Crippen molar-refractivity contribution >= 4 is 11.9 Å². The Balaban J connectivity index is 1.88. The average Bonchev–Trinajstić information content (AvgIpc) is 2.60. The van der Waals surface area contributed by atoms with Crippen LogP contribution in [0.5, 0.6) is 6.01 Å². The molecule has 3 rings (SSSR count). The van der Waals surface area contributed by atoms with E-state index in [9.17, 15) is 5.11 Å². The van der Waals surface area contributed by atoms with Crippen molar-refractivity contribution in [1.82, 2.24) is 15.0 Å². The summed E-state index contributed by atoms with van der Waals surface area (Å²) >= 11 is 0. The summed E-state index contributed by atoms with van der Waals surface area (Å²) in [6, 6.07) is 0.850. The van der Waals surface area contributed by atoms with E-state index in [1.54, 1.807) is 0 Å². The van der Waals surface area contributed by atoms with Gasteiger partial charge in [-0.1, -0.05) is 0 Å². The summed E-state index contributed by atoms with van der Waals surface area (Å²) in [6.45, 7) is 3.83. The van der Waals surface area contributed by atoms with Gasteiger partial charge in [0.15, 0.2) is 0 Å². The highest BCUT2D eigenvalue weighted by molar-refractivity contribution is 5.41. The second kappa shape index (κ2) is 5.05. The second-order valence-electron chi connectivity index (χ2n) is 5.86. The van der Waals surface area contributed by atoms with Crippen LogP contribution in [0.3, 0.4) is 0 Å². The summed E-state index contributed by atoms with van der Waals surface area (Å²) in [5, 5.41) is 9.85. The van der Waals surface area contributed by atoms with E-state index in [4.69, 9.17) is 10.5 Å². The average molecular weight is 279 g/mol. The first kappa shape index (κ1) is 13.4. The number of nitrogens with zero attached hydrogens (tertiary/aromatic N) is 4. The number of rotatable bonds is 3. The fourth-order valence-electron chi connectivity index (χ4n) is 3.21. The lowest BCUT2D eigenvalue weighted by atomic mass is 10.0. The van der Waals surface area contributed by atoms with Crippen LogP contribution in [0.15, 0.2) is 0 Å². The number of fused-ring (bicyclic) bond motifs is 2. The third kappa shape index (κ3) is 2.49. The Morgan fingerprint density at radius 2 is 1.85 bits per heavy atom. The molecule has 3 heterocycles. The Hall–Kier alpha value is -1.63. The Morgan fingerprint density at radius 3 is 2.45 bits per heavy atom. The number of hydrogen-bond acceptors (Lipinski definition) is 7. The number of hydrogen-bond donors (Lipinski definition) is 2. The molecule has 2 unspecified atom stereocenters. The van der Waals surface area contributed by atoms with Crippen LogP contribution in [0.2, 0.25) is 0 Å². The molecule has 1 aromatic heterocycles. The van der Waals surface area contributed by atoms with Gasteiger partial charge in [0.2, 0.25) is 11.9 Å². The van der Waals surface area contributed by atoms with E-state index in [0.717, 1.165) is 25.7 Å². The summed E-state index contributed by atoms with van der Waals surface area (Å²) in [6.07, 6.45) is 3.44. The molecule has 0 radical (unpaired) electrons. The summed E-state index contributed by atoms with van der Waals surface area (Å²) in [4.78, 5) is 14.8. The number of aromatic nitrogens is 3. The van der Waals surface area contributed by atoms with Crippen LogP contribution in [-0.2, 0) is 0 Å². The minimum absolute atomic E-state index is 0.00968. The maximum Gasteiger partial charge on any atom is 0.323 e. The summed E-state index contributed by atoms with van der Waals surface area (Å²) in [5.74, 6) is 0.753. The number of piperidine rings is 1. The van der Waals surface area contributed by atoms with Gasteiger partial charge in [-0.2, -0.15) is 15.0 Å². The molecule has 110 valence electrons. The molecule has 3 N–H and O–H groups in total. The van der Waals surface area contributed by atoms with Crippen molar-refractivity contribution in [2.24, 2.45) is 0 Å². The normalized spacial score (nSPS) is 29.0. The molecule has 0 spiro atoms. The first-order valence-electron chi connectivity index (χ1n) is 7.17. The zero-order valence-corrected chi connectivity index (χ0v) is 11.9. The molecule has 7 nitrogen and oxygen atoms in total. The highest BCUT2D eigenvalue weighted by atomic mass is 16.5. The first-order chi connectivity index (χ1) is 9.52. The maximum absolute atomic E-state index is 9.85. The fourth-order valence-corrected chi connectivity index (χ4v) is 3.21. The van der Waals surface area contributed by atoms with Crippen molar-refractivity contribution in [3.05, 3.63) is 0 Å². The van der Waals surface area contributed by atoms with Gasteiger partial charge in [0.05, 0.1) is 12.2 Å². The maximum atomic E-state index is 9.85. The summed E-state index contributed by atoms with van der Waals surface area (Å²) < 4.78 is 5.52. The van der Waals surface area contributed by atoms with Gasteiger partial charge in [-0.3, -0.25) is 0 Å². The molecule has 2 aliphatic heterocycles. The van der Waals surface area contributed by atoms with Crippen molar-refractivity contribution in [2.75, 3.05) is 10.6 Å². The van der Waals surface area contributed by atoms with E-state index in [-0.39, 0.29) is 36.3 Å². The second-order valence-corrected chi connectivity index (χ2v) is 5.86. The van der Waals surface area contributed by atoms with Crippen LogP contribution in [0, 0.1) is 0 Å². The smallest absolute Gasteiger partial charge is 0.323 e. The van der Waals surface area contributed by atoms with E-state index >= 15 is 0 Å². The number of nitrogens with two attached hydrogens (primary N) is 1. The Bertz CT molecular complexity index is 482. The lowest BCUT2D eigenvalue weighted by Crippen LogP contribution is -2.45. The van der Waals surface area contributed by atoms with Gasteiger partial charge in [-0.15, -0.1) is 0 Å². The Kier molecular flexibility index (Phi) is 3.37. The zero-order valence-electron chi connectivity index (χ0n) is 11.9. The minimum atomic E-state index is -0.214. The van der Waals surface area contributed by atoms with Crippen LogP contribution < -0.4 is 15.4 Å². The molecule has 0 amide bonds. The van der Waals surface area contributed by atoms with Gasteiger partial charge < -0.3 is 20.5 Å². The van der Waals surface area contributed by atoms with Crippen molar-refractivity contribution < 1.29 is 9.84 Å². The molecule has 2 aliphatic rings. The molecule has 20 heavy (non-hydrogen) atoms. The predicted molar refractivity (Wildman–Crippen MR) is 74.5 cm³/mol. The number of nitrogen functional groups attached to an aromatic ring is 1. The first-order valence-corrected chi connectivity index (χ1v) is 7.17. The number of ether oxygens (including phenoxy) is 1. The van der Waals surface area contributed by atoms with Crippen molar-refractivity contribution in [1.29, 1.82) is 0 Å². The molecule has 0 aliphatic carbocycles. The molecular formula is C13H21N5O2. The molecule has 7 heteroatoms. The minimum Gasteiger partial charge on any atom is -0.461 e. The molecule has 0 aromatic carbocycles. The summed E-state index contributed by atoms with van der Waals surface area (Å²) in [7, 11) is 0. The molecule has 2 bridgehead atoms. The third-order valence-corrected chi connectivity index (χ3v) is 3.90. The highest BCUT2D eigenvalue weighted by Gasteiger charge is 2.41. The quantitative estimate of drug-likeness (QED) is 0.841. The van der Waals surface area contributed by atoms with E-state index < -0.39 is 0 Å². The van der Waals surface area contributed by atoms with E-state index in [1.807, 2.05) is 13.8 Å². The van der Waals surface area contributed by atoms with Crippen LogP contribution >= 0.6 is 0 Å². The van der Waals surface area contributed by atoms with Crippen LogP contribution in [0.4, 0.5) is 11.9 Å². The van der Waals surface area contributed by atoms with Crippen LogP contribution in [0.1, 0.15) is 39.5 Å². The van der Waals surface area contributed by atoms with E-state index in [2.05, 4.69) is 19.9 Å². The highest BCUT2D eigenvalue weighted by Crippen LogP contribution is 2.38. The van der Waals surface area contributed by atoms with Crippen LogP contribution in [-0.4, -0.2) is 44.4 Å². The molecule has 1 aromatic rings. The monoisotopic (exact) mass is 279 g/mol. The number of anilines is 2. The topological polar surface area (TPSA) is 97.4 Å². The van der Waals surface area contributed by atoms with Crippen molar-refractivity contribution in [2.45, 2.75) is 63.8 Å².